The van der Waals surface area contributed by atoms with E-state index in [4.69, 9.17) is 18.9 Å². The van der Waals surface area contributed by atoms with Gasteiger partial charge in [0, 0.05) is 39.2 Å². The van der Waals surface area contributed by atoms with Gasteiger partial charge in [0.15, 0.2) is 0 Å². The van der Waals surface area contributed by atoms with Crippen molar-refractivity contribution in [2.45, 2.75) is 76.7 Å². The van der Waals surface area contributed by atoms with Crippen LogP contribution >= 0.6 is 0 Å². The van der Waals surface area contributed by atoms with Gasteiger partial charge in [0.25, 0.3) is 0 Å². The van der Waals surface area contributed by atoms with E-state index in [9.17, 15) is 14.4 Å². The second kappa shape index (κ2) is 8.59. The number of fused-ring (bicyclic) bond motifs is 1. The summed E-state index contributed by atoms with van der Waals surface area (Å²) >= 11 is 0. The minimum atomic E-state index is -0.744. The van der Waals surface area contributed by atoms with E-state index in [0.29, 0.717) is 71.9 Å². The molecule has 5 rings (SSSR count). The Morgan fingerprint density at radius 2 is 1.83 bits per heavy atom. The number of hydrogen-bond donors (Lipinski definition) is 1. The molecule has 0 bridgehead atoms. The van der Waals surface area contributed by atoms with Gasteiger partial charge in [0.05, 0.1) is 48.4 Å². The van der Waals surface area contributed by atoms with Crippen LogP contribution in [-0.2, 0) is 28.5 Å². The van der Waals surface area contributed by atoms with E-state index < -0.39 is 22.0 Å². The Bertz CT molecular complexity index is 885. The molecule has 0 saturated carbocycles. The fourth-order valence-corrected chi connectivity index (χ4v) is 6.18. The number of likely N-dealkylation sites (tertiary alicyclic amines) is 2. The van der Waals surface area contributed by atoms with Crippen LogP contribution in [0.3, 0.4) is 0 Å². The summed E-state index contributed by atoms with van der Waals surface area (Å²) in [6, 6.07) is -0.0620. The van der Waals surface area contributed by atoms with E-state index in [1.54, 1.807) is 4.90 Å². The molecule has 10 heteroatoms. The van der Waals surface area contributed by atoms with Gasteiger partial charge in [-0.15, -0.1) is 0 Å². The van der Waals surface area contributed by atoms with Gasteiger partial charge in [-0.1, -0.05) is 0 Å². The Morgan fingerprint density at radius 1 is 1.06 bits per heavy atom. The minimum Gasteiger partial charge on any atom is -0.444 e. The van der Waals surface area contributed by atoms with Crippen LogP contribution in [0.15, 0.2) is 0 Å². The highest BCUT2D eigenvalue weighted by molar-refractivity contribution is 5.86. The number of amides is 3. The molecule has 1 N–H and O–H groups in total. The molecule has 0 unspecified atom stereocenters. The van der Waals surface area contributed by atoms with E-state index in [1.807, 2.05) is 32.6 Å². The number of nitrogens with one attached hydrogen (secondary N) is 1. The Labute approximate surface area is 206 Å². The average Bonchev–Trinajstić information content (AvgIpc) is 3.49. The van der Waals surface area contributed by atoms with E-state index in [1.165, 1.54) is 0 Å². The van der Waals surface area contributed by atoms with Crippen LogP contribution < -0.4 is 5.32 Å². The van der Waals surface area contributed by atoms with Crippen LogP contribution in [0.4, 0.5) is 4.79 Å². The highest BCUT2D eigenvalue weighted by Crippen LogP contribution is 2.45. The molecule has 3 amide bonds. The number of carbonyl (C=O) groups excluding carboxylic acids is 3. The molecular weight excluding hydrogens is 454 g/mol. The first-order chi connectivity index (χ1) is 16.4. The van der Waals surface area contributed by atoms with Crippen LogP contribution in [0.2, 0.25) is 0 Å². The molecule has 196 valence electrons. The summed E-state index contributed by atoms with van der Waals surface area (Å²) in [5, 5.41) is 3.13. The molecule has 0 aromatic carbocycles. The normalized spacial score (nSPS) is 36.1. The Balaban J connectivity index is 1.23. The monoisotopic (exact) mass is 493 g/mol. The number of ether oxygens (including phenoxy) is 4. The van der Waals surface area contributed by atoms with Crippen molar-refractivity contribution in [1.82, 2.24) is 15.1 Å². The van der Waals surface area contributed by atoms with Gasteiger partial charge >= 0.3 is 6.09 Å². The molecule has 35 heavy (non-hydrogen) atoms. The van der Waals surface area contributed by atoms with Crippen LogP contribution in [0, 0.1) is 10.8 Å². The molecule has 5 heterocycles. The maximum Gasteiger partial charge on any atom is 0.410 e. The molecule has 0 aromatic rings. The molecule has 5 fully saturated rings. The van der Waals surface area contributed by atoms with Crippen molar-refractivity contribution in [1.29, 1.82) is 0 Å². The average molecular weight is 494 g/mol. The second-order valence-corrected chi connectivity index (χ2v) is 12.4. The molecule has 0 aliphatic carbocycles. The lowest BCUT2D eigenvalue weighted by Gasteiger charge is -2.44. The van der Waals surface area contributed by atoms with Gasteiger partial charge in [0.2, 0.25) is 11.8 Å². The van der Waals surface area contributed by atoms with Crippen LogP contribution in [0.5, 0.6) is 0 Å². The van der Waals surface area contributed by atoms with Gasteiger partial charge in [-0.25, -0.2) is 4.79 Å². The summed E-state index contributed by atoms with van der Waals surface area (Å²) in [6.07, 6.45) is 2.08. The van der Waals surface area contributed by atoms with Gasteiger partial charge < -0.3 is 34.1 Å². The second-order valence-electron chi connectivity index (χ2n) is 12.4. The Kier molecular flexibility index (Phi) is 6.08. The fourth-order valence-electron chi connectivity index (χ4n) is 6.18. The van der Waals surface area contributed by atoms with Crippen molar-refractivity contribution in [2.75, 3.05) is 52.6 Å². The number of carbonyl (C=O) groups is 3. The first-order valence-corrected chi connectivity index (χ1v) is 12.9. The zero-order chi connectivity index (χ0) is 25.1. The van der Waals surface area contributed by atoms with Crippen molar-refractivity contribution < 1.29 is 33.3 Å². The molecule has 0 radical (unpaired) electrons. The van der Waals surface area contributed by atoms with Crippen LogP contribution in [0.25, 0.3) is 0 Å². The smallest absolute Gasteiger partial charge is 0.410 e. The van der Waals surface area contributed by atoms with Gasteiger partial charge in [0.1, 0.15) is 5.60 Å². The van der Waals surface area contributed by atoms with Crippen molar-refractivity contribution in [3.8, 4) is 0 Å². The van der Waals surface area contributed by atoms with Crippen molar-refractivity contribution in [2.24, 2.45) is 10.8 Å². The van der Waals surface area contributed by atoms with Gasteiger partial charge in [-0.2, -0.15) is 0 Å². The first kappa shape index (κ1) is 24.8. The third kappa shape index (κ3) is 4.53. The summed E-state index contributed by atoms with van der Waals surface area (Å²) in [6.45, 7) is 11.3. The number of nitrogens with zero attached hydrogens (tertiary/aromatic N) is 2. The predicted molar refractivity (Wildman–Crippen MR) is 125 cm³/mol. The number of rotatable bonds is 3. The van der Waals surface area contributed by atoms with Crippen LogP contribution in [-0.4, -0.2) is 104 Å². The summed E-state index contributed by atoms with van der Waals surface area (Å²) in [5.41, 5.74) is -2.22. The van der Waals surface area contributed by atoms with E-state index >= 15 is 0 Å². The third-order valence-corrected chi connectivity index (χ3v) is 8.23. The quantitative estimate of drug-likeness (QED) is 0.632. The molecule has 1 spiro atoms. The summed E-state index contributed by atoms with van der Waals surface area (Å²) in [5.74, 6) is 0.0509. The molecule has 0 aromatic heterocycles. The predicted octanol–water partition coefficient (Wildman–Crippen LogP) is 1.32. The Morgan fingerprint density at radius 3 is 2.51 bits per heavy atom. The third-order valence-electron chi connectivity index (χ3n) is 8.23. The molecule has 4 atom stereocenters. The topological polar surface area (TPSA) is 107 Å². The molecule has 5 aliphatic rings. The summed E-state index contributed by atoms with van der Waals surface area (Å²) in [7, 11) is 0. The van der Waals surface area contributed by atoms with Crippen molar-refractivity contribution in [3.05, 3.63) is 0 Å². The zero-order valence-corrected chi connectivity index (χ0v) is 21.4. The largest absolute Gasteiger partial charge is 0.444 e. The van der Waals surface area contributed by atoms with E-state index in [-0.39, 0.29) is 30.1 Å². The van der Waals surface area contributed by atoms with E-state index in [2.05, 4.69) is 5.32 Å². The highest BCUT2D eigenvalue weighted by Gasteiger charge is 2.58. The first-order valence-electron chi connectivity index (χ1n) is 12.9. The maximum atomic E-state index is 14.0. The molecular formula is C25H39N3O7. The molecule has 5 saturated heterocycles. The van der Waals surface area contributed by atoms with Gasteiger partial charge in [-0.3, -0.25) is 9.59 Å². The van der Waals surface area contributed by atoms with Crippen molar-refractivity contribution in [3.63, 3.8) is 0 Å². The van der Waals surface area contributed by atoms with Crippen LogP contribution in [0.1, 0.15) is 53.4 Å². The van der Waals surface area contributed by atoms with Crippen molar-refractivity contribution >= 4 is 17.9 Å². The lowest BCUT2D eigenvalue weighted by Crippen LogP contribution is -2.59. The lowest BCUT2D eigenvalue weighted by molar-refractivity contribution is -0.158. The zero-order valence-electron chi connectivity index (χ0n) is 21.4. The highest BCUT2D eigenvalue weighted by atomic mass is 16.6. The standard InChI is InChI=1S/C25H39N3O7/c1-22(2,3)35-21(31)28-8-5-18-25(14-28,7-10-33-18)20(30)27-9-6-24(13-27)11-17(12-34-24)26-19(29)23(4)15-32-16-23/h17-18H,5-16H2,1-4H3,(H,26,29)/t17-,18+,24+,25+/m0/s1. The fraction of sp³-hybridized carbons (Fsp3) is 0.880. The minimum absolute atomic E-state index is 0.00889. The summed E-state index contributed by atoms with van der Waals surface area (Å²) in [4.78, 5) is 42.9. The number of piperidine rings is 1. The SMILES string of the molecule is CC(C)(C)OC(=O)N1CC[C@H]2OCC[C@@]2(C(=O)N2CC[C@@]3(C[C@H](NC(=O)C4(C)COC4)CO3)C2)C1. The number of hydrogen-bond acceptors (Lipinski definition) is 7. The maximum absolute atomic E-state index is 14.0. The lowest BCUT2D eigenvalue weighted by atomic mass is 9.75. The Hall–Kier alpha value is -1.91. The van der Waals surface area contributed by atoms with Gasteiger partial charge in [-0.05, 0) is 47.0 Å². The summed E-state index contributed by atoms with van der Waals surface area (Å²) < 4.78 is 23.0. The molecule has 5 aliphatic heterocycles. The van der Waals surface area contributed by atoms with E-state index in [0.717, 1.165) is 6.42 Å². The molecule has 10 nitrogen and oxygen atoms in total.